The van der Waals surface area contributed by atoms with Crippen LogP contribution in [0.4, 0.5) is 4.79 Å². The van der Waals surface area contributed by atoms with Gasteiger partial charge in [0.2, 0.25) is 0 Å². The highest BCUT2D eigenvalue weighted by Crippen LogP contribution is 2.24. The highest BCUT2D eigenvalue weighted by molar-refractivity contribution is 5.80. The topological polar surface area (TPSA) is 73.7 Å². The number of hydrogen-bond acceptors (Lipinski definition) is 3. The molecule has 0 aromatic carbocycles. The van der Waals surface area contributed by atoms with E-state index in [0.29, 0.717) is 6.54 Å². The van der Waals surface area contributed by atoms with E-state index in [9.17, 15) is 9.59 Å². The first-order chi connectivity index (χ1) is 10.1. The zero-order chi connectivity index (χ0) is 15.2. The molecule has 1 aromatic heterocycles. The average Bonchev–Trinajstić information content (AvgIpc) is 2.99. The van der Waals surface area contributed by atoms with Gasteiger partial charge in [-0.3, -0.25) is 9.78 Å². The zero-order valence-corrected chi connectivity index (χ0v) is 12.2. The van der Waals surface area contributed by atoms with Gasteiger partial charge in [-0.05, 0) is 25.0 Å². The minimum atomic E-state index is -0.971. The number of carboxylic acids is 1. The first-order valence-electron chi connectivity index (χ1n) is 7.21. The predicted octanol–water partition coefficient (Wildman–Crippen LogP) is 1.96. The lowest BCUT2D eigenvalue weighted by atomic mass is 10.2. The maximum Gasteiger partial charge on any atom is 0.323 e. The van der Waals surface area contributed by atoms with E-state index >= 15 is 0 Å². The first kappa shape index (κ1) is 15.3. The van der Waals surface area contributed by atoms with Crippen molar-refractivity contribution in [2.45, 2.75) is 38.3 Å². The van der Waals surface area contributed by atoms with Crippen LogP contribution >= 0.6 is 0 Å². The van der Waals surface area contributed by atoms with E-state index < -0.39 is 5.97 Å². The van der Waals surface area contributed by atoms with E-state index in [1.165, 1.54) is 9.80 Å². The van der Waals surface area contributed by atoms with Crippen molar-refractivity contribution >= 4 is 12.0 Å². The Morgan fingerprint density at radius 1 is 1.33 bits per heavy atom. The number of hydrogen-bond donors (Lipinski definition) is 1. The second-order valence-electron chi connectivity index (χ2n) is 5.42. The third-order valence-electron chi connectivity index (χ3n) is 3.77. The van der Waals surface area contributed by atoms with E-state index in [4.69, 9.17) is 5.11 Å². The number of nitrogens with zero attached hydrogens (tertiary/aromatic N) is 3. The monoisotopic (exact) mass is 291 g/mol. The summed E-state index contributed by atoms with van der Waals surface area (Å²) in [4.78, 5) is 30.8. The quantitative estimate of drug-likeness (QED) is 0.900. The minimum absolute atomic E-state index is 0.0415. The van der Waals surface area contributed by atoms with Crippen molar-refractivity contribution in [3.63, 3.8) is 0 Å². The van der Waals surface area contributed by atoms with Crippen LogP contribution in [-0.4, -0.2) is 51.5 Å². The van der Waals surface area contributed by atoms with Gasteiger partial charge in [-0.2, -0.15) is 0 Å². The molecule has 1 aliphatic rings. The molecule has 1 N–H and O–H groups in total. The van der Waals surface area contributed by atoms with Crippen molar-refractivity contribution < 1.29 is 14.7 Å². The van der Waals surface area contributed by atoms with Gasteiger partial charge in [0.05, 0.1) is 12.2 Å². The second-order valence-corrected chi connectivity index (χ2v) is 5.42. The predicted molar refractivity (Wildman–Crippen MR) is 77.7 cm³/mol. The number of aliphatic carboxylic acids is 1. The fourth-order valence-corrected chi connectivity index (χ4v) is 2.74. The summed E-state index contributed by atoms with van der Waals surface area (Å²) in [5.74, 6) is -0.971. The molecule has 0 bridgehead atoms. The summed E-state index contributed by atoms with van der Waals surface area (Å²) in [7, 11) is 1.68. The highest BCUT2D eigenvalue weighted by atomic mass is 16.4. The van der Waals surface area contributed by atoms with Gasteiger partial charge < -0.3 is 14.9 Å². The molecular weight excluding hydrogens is 270 g/mol. The lowest BCUT2D eigenvalue weighted by molar-refractivity contribution is -0.138. The number of aromatic nitrogens is 1. The number of carbonyl (C=O) groups is 2. The van der Waals surface area contributed by atoms with E-state index in [2.05, 4.69) is 4.98 Å². The summed E-state index contributed by atoms with van der Waals surface area (Å²) in [5, 5.41) is 9.04. The molecule has 21 heavy (non-hydrogen) atoms. The van der Waals surface area contributed by atoms with Gasteiger partial charge >= 0.3 is 12.0 Å². The Bertz CT molecular complexity index is 486. The van der Waals surface area contributed by atoms with Crippen molar-refractivity contribution in [3.8, 4) is 0 Å². The third-order valence-corrected chi connectivity index (χ3v) is 3.77. The van der Waals surface area contributed by atoms with Crippen molar-refractivity contribution in [1.82, 2.24) is 14.8 Å². The van der Waals surface area contributed by atoms with E-state index in [1.807, 2.05) is 18.2 Å². The van der Waals surface area contributed by atoms with E-state index in [-0.39, 0.29) is 18.6 Å². The van der Waals surface area contributed by atoms with Gasteiger partial charge in [0.15, 0.2) is 0 Å². The molecule has 6 heteroatoms. The molecular formula is C15H21N3O3. The normalized spacial score (nSPS) is 14.9. The molecule has 1 saturated carbocycles. The molecule has 0 spiro atoms. The third kappa shape index (κ3) is 4.18. The molecule has 0 saturated heterocycles. The summed E-state index contributed by atoms with van der Waals surface area (Å²) in [6.45, 7) is 0.137. The number of carbonyl (C=O) groups excluding carboxylic acids is 1. The van der Waals surface area contributed by atoms with Crippen molar-refractivity contribution in [2.24, 2.45) is 0 Å². The van der Waals surface area contributed by atoms with Gasteiger partial charge in [-0.15, -0.1) is 0 Å². The second kappa shape index (κ2) is 7.06. The zero-order valence-electron chi connectivity index (χ0n) is 12.2. The van der Waals surface area contributed by atoms with Crippen LogP contribution in [0.25, 0.3) is 0 Å². The smallest absolute Gasteiger partial charge is 0.323 e. The summed E-state index contributed by atoms with van der Waals surface area (Å²) < 4.78 is 0. The summed E-state index contributed by atoms with van der Waals surface area (Å²) in [6.07, 6.45) is 5.56. The van der Waals surface area contributed by atoms with Crippen molar-refractivity contribution in [2.75, 3.05) is 13.6 Å². The number of carboxylic acid groups (broad SMARTS) is 1. The Balaban J connectivity index is 2.04. The van der Waals surface area contributed by atoms with Crippen molar-refractivity contribution in [3.05, 3.63) is 30.1 Å². The standard InChI is InChI=1S/C15H21N3O3/c1-17(10-12-6-4-5-9-16-12)15(21)18(11-14(19)20)13-7-2-3-8-13/h4-6,9,13H,2-3,7-8,10-11H2,1H3,(H,19,20). The van der Waals surface area contributed by atoms with E-state index in [0.717, 1.165) is 31.4 Å². The molecule has 0 atom stereocenters. The Kier molecular flexibility index (Phi) is 5.14. The van der Waals surface area contributed by atoms with Crippen LogP contribution in [-0.2, 0) is 11.3 Å². The first-order valence-corrected chi connectivity index (χ1v) is 7.21. The maximum atomic E-state index is 12.5. The Morgan fingerprint density at radius 3 is 2.62 bits per heavy atom. The maximum absolute atomic E-state index is 12.5. The minimum Gasteiger partial charge on any atom is -0.480 e. The van der Waals surface area contributed by atoms with Crippen LogP contribution in [0.5, 0.6) is 0 Å². The lowest BCUT2D eigenvalue weighted by Gasteiger charge is -2.31. The Morgan fingerprint density at radius 2 is 2.05 bits per heavy atom. The Labute approximate surface area is 124 Å². The Hall–Kier alpha value is -2.11. The molecule has 1 fully saturated rings. The fraction of sp³-hybridized carbons (Fsp3) is 0.533. The summed E-state index contributed by atoms with van der Waals surface area (Å²) >= 11 is 0. The number of rotatable bonds is 5. The molecule has 6 nitrogen and oxygen atoms in total. The van der Waals surface area contributed by atoms with E-state index in [1.54, 1.807) is 13.2 Å². The summed E-state index contributed by atoms with van der Waals surface area (Å²) in [5.41, 5.74) is 0.787. The number of amides is 2. The number of urea groups is 1. The van der Waals surface area contributed by atoms with Gasteiger partial charge in [-0.25, -0.2) is 4.79 Å². The van der Waals surface area contributed by atoms with Crippen LogP contribution < -0.4 is 0 Å². The molecule has 0 unspecified atom stereocenters. The van der Waals surface area contributed by atoms with Crippen LogP contribution in [0, 0.1) is 0 Å². The molecule has 1 heterocycles. The highest BCUT2D eigenvalue weighted by Gasteiger charge is 2.30. The van der Waals surface area contributed by atoms with Crippen molar-refractivity contribution in [1.29, 1.82) is 0 Å². The van der Waals surface area contributed by atoms with Gasteiger partial charge in [0.1, 0.15) is 6.54 Å². The molecule has 0 aliphatic heterocycles. The average molecular weight is 291 g/mol. The SMILES string of the molecule is CN(Cc1ccccn1)C(=O)N(CC(=O)O)C1CCCC1. The van der Waals surface area contributed by atoms with Gasteiger partial charge in [0.25, 0.3) is 0 Å². The van der Waals surface area contributed by atoms with Crippen LogP contribution in [0.2, 0.25) is 0 Å². The van der Waals surface area contributed by atoms with Crippen LogP contribution in [0.15, 0.2) is 24.4 Å². The molecule has 0 radical (unpaired) electrons. The molecule has 114 valence electrons. The summed E-state index contributed by atoms with van der Waals surface area (Å²) in [6, 6.07) is 5.34. The molecule has 2 amide bonds. The number of pyridine rings is 1. The largest absolute Gasteiger partial charge is 0.480 e. The van der Waals surface area contributed by atoms with Gasteiger partial charge in [0, 0.05) is 19.3 Å². The van der Waals surface area contributed by atoms with Gasteiger partial charge in [-0.1, -0.05) is 18.9 Å². The fourth-order valence-electron chi connectivity index (χ4n) is 2.74. The molecule has 2 rings (SSSR count). The van der Waals surface area contributed by atoms with Crippen LogP contribution in [0.3, 0.4) is 0 Å². The lowest BCUT2D eigenvalue weighted by Crippen LogP contribution is -2.48. The molecule has 1 aliphatic carbocycles. The molecule has 1 aromatic rings. The van der Waals surface area contributed by atoms with Crippen LogP contribution in [0.1, 0.15) is 31.4 Å².